The van der Waals surface area contributed by atoms with E-state index >= 15 is 0 Å². The van der Waals surface area contributed by atoms with Gasteiger partial charge in [0, 0.05) is 13.8 Å². The molecule has 25 heavy (non-hydrogen) atoms. The van der Waals surface area contributed by atoms with Crippen molar-refractivity contribution in [3.8, 4) is 0 Å². The van der Waals surface area contributed by atoms with Crippen LogP contribution in [0.4, 0.5) is 0 Å². The van der Waals surface area contributed by atoms with Crippen molar-refractivity contribution in [2.75, 3.05) is 0 Å². The van der Waals surface area contributed by atoms with E-state index in [2.05, 4.69) is 0 Å². The van der Waals surface area contributed by atoms with E-state index < -0.39 is 73.3 Å². The Labute approximate surface area is 142 Å². The number of esters is 3. The van der Waals surface area contributed by atoms with E-state index in [1.807, 2.05) is 0 Å². The second-order valence-electron chi connectivity index (χ2n) is 5.47. The lowest BCUT2D eigenvalue weighted by Gasteiger charge is -2.43. The normalized spacial score (nSPS) is 31.7. The number of carboxylic acid groups (broad SMARTS) is 1. The van der Waals surface area contributed by atoms with E-state index in [1.54, 1.807) is 0 Å². The van der Waals surface area contributed by atoms with Gasteiger partial charge in [0.1, 0.15) is 18.3 Å². The van der Waals surface area contributed by atoms with Gasteiger partial charge in [0.2, 0.25) is 0 Å². The summed E-state index contributed by atoms with van der Waals surface area (Å²) in [4.78, 5) is 44.7. The third-order valence-electron chi connectivity index (χ3n) is 3.44. The molecule has 11 heteroatoms. The van der Waals surface area contributed by atoms with Crippen LogP contribution in [0, 0.1) is 0 Å². The Balaban J connectivity index is 3.05. The van der Waals surface area contributed by atoms with Crippen LogP contribution in [0.1, 0.15) is 26.7 Å². The maximum absolute atomic E-state index is 11.7. The molecule has 0 spiro atoms. The lowest BCUT2D eigenvalue weighted by molar-refractivity contribution is -0.246. The Bertz CT molecular complexity index is 531. The minimum atomic E-state index is -1.87. The van der Waals surface area contributed by atoms with Crippen LogP contribution in [0.15, 0.2) is 0 Å². The van der Waals surface area contributed by atoms with E-state index in [0.29, 0.717) is 0 Å². The van der Waals surface area contributed by atoms with Gasteiger partial charge in [0.25, 0.3) is 0 Å². The third kappa shape index (κ3) is 5.66. The largest absolute Gasteiger partial charge is 0.481 e. The van der Waals surface area contributed by atoms with Gasteiger partial charge < -0.3 is 34.6 Å². The molecule has 0 bridgehead atoms. The quantitative estimate of drug-likeness (QED) is 0.295. The summed E-state index contributed by atoms with van der Waals surface area (Å²) in [6, 6.07) is 0. The van der Waals surface area contributed by atoms with Crippen LogP contribution < -0.4 is 0 Å². The van der Waals surface area contributed by atoms with Crippen LogP contribution in [0.2, 0.25) is 0 Å². The first-order chi connectivity index (χ1) is 11.5. The Morgan fingerprint density at radius 2 is 1.16 bits per heavy atom. The molecule has 0 aliphatic heterocycles. The summed E-state index contributed by atoms with van der Waals surface area (Å²) in [5.41, 5.74) is 0. The van der Waals surface area contributed by atoms with Crippen molar-refractivity contribution in [2.45, 2.75) is 63.3 Å². The smallest absolute Gasteiger partial charge is 0.306 e. The summed E-state index contributed by atoms with van der Waals surface area (Å²) in [5, 5.41) is 38.4. The predicted molar refractivity (Wildman–Crippen MR) is 75.9 cm³/mol. The first-order valence-electron chi connectivity index (χ1n) is 7.34. The zero-order valence-electron chi connectivity index (χ0n) is 13.5. The van der Waals surface area contributed by atoms with Gasteiger partial charge in [-0.15, -0.1) is 0 Å². The number of carbonyl (C=O) groups is 4. The number of hydrogen-bond donors (Lipinski definition) is 4. The first-order valence-corrected chi connectivity index (χ1v) is 7.34. The SMILES string of the molecule is CC(=O)O[C@@H]1[C@H](OC(C)=O)[C@H](O)[C@@H](O)[C@H](O)[C@H]1OC(=O)CCC(=O)O. The zero-order chi connectivity index (χ0) is 19.3. The van der Waals surface area contributed by atoms with Crippen molar-refractivity contribution in [3.63, 3.8) is 0 Å². The van der Waals surface area contributed by atoms with Gasteiger partial charge in [-0.1, -0.05) is 0 Å². The van der Waals surface area contributed by atoms with E-state index in [9.17, 15) is 34.5 Å². The monoisotopic (exact) mass is 364 g/mol. The topological polar surface area (TPSA) is 177 Å². The summed E-state index contributed by atoms with van der Waals surface area (Å²) in [6.07, 6.45) is -11.5. The fourth-order valence-electron chi connectivity index (χ4n) is 2.38. The molecule has 0 aromatic rings. The van der Waals surface area contributed by atoms with Gasteiger partial charge in [0.15, 0.2) is 18.3 Å². The lowest BCUT2D eigenvalue weighted by Crippen LogP contribution is -2.66. The second kappa shape index (κ2) is 8.74. The summed E-state index contributed by atoms with van der Waals surface area (Å²) < 4.78 is 14.6. The van der Waals surface area contributed by atoms with Gasteiger partial charge in [0.05, 0.1) is 12.8 Å². The first kappa shape index (κ1) is 20.8. The van der Waals surface area contributed by atoms with Crippen molar-refractivity contribution in [1.82, 2.24) is 0 Å². The molecule has 6 atom stereocenters. The van der Waals surface area contributed by atoms with Gasteiger partial charge in [-0.3, -0.25) is 19.2 Å². The van der Waals surface area contributed by atoms with E-state index in [4.69, 9.17) is 19.3 Å². The molecule has 1 rings (SSSR count). The fraction of sp³-hybridized carbons (Fsp3) is 0.714. The number of aliphatic hydroxyl groups is 3. The summed E-state index contributed by atoms with van der Waals surface area (Å²) in [6.45, 7) is 2.00. The highest BCUT2D eigenvalue weighted by Gasteiger charge is 2.54. The average Bonchev–Trinajstić information content (AvgIpc) is 2.50. The summed E-state index contributed by atoms with van der Waals surface area (Å²) in [7, 11) is 0. The van der Waals surface area contributed by atoms with Crippen LogP contribution in [-0.2, 0) is 33.4 Å². The van der Waals surface area contributed by atoms with Crippen LogP contribution >= 0.6 is 0 Å². The number of aliphatic carboxylic acids is 1. The Kier molecular flexibility index (Phi) is 7.27. The van der Waals surface area contributed by atoms with Crippen LogP contribution in [0.3, 0.4) is 0 Å². The summed E-state index contributed by atoms with van der Waals surface area (Å²) in [5.74, 6) is -4.06. The molecule has 0 radical (unpaired) electrons. The van der Waals surface area contributed by atoms with Crippen LogP contribution in [0.5, 0.6) is 0 Å². The molecule has 0 amide bonds. The minimum absolute atomic E-state index is 0.539. The number of carboxylic acids is 1. The lowest BCUT2D eigenvalue weighted by atomic mass is 9.84. The molecule has 1 saturated carbocycles. The van der Waals surface area contributed by atoms with Crippen LogP contribution in [0.25, 0.3) is 0 Å². The van der Waals surface area contributed by atoms with Crippen LogP contribution in [-0.4, -0.2) is 80.9 Å². The molecule has 1 aliphatic rings. The van der Waals surface area contributed by atoms with Crippen molar-refractivity contribution in [1.29, 1.82) is 0 Å². The maximum Gasteiger partial charge on any atom is 0.306 e. The Hall–Kier alpha value is -2.24. The van der Waals surface area contributed by atoms with E-state index in [0.717, 1.165) is 13.8 Å². The second-order valence-corrected chi connectivity index (χ2v) is 5.47. The zero-order valence-corrected chi connectivity index (χ0v) is 13.5. The molecule has 1 fully saturated rings. The molecular formula is C14H20O11. The van der Waals surface area contributed by atoms with Gasteiger partial charge >= 0.3 is 23.9 Å². The van der Waals surface area contributed by atoms with Crippen molar-refractivity contribution < 1.29 is 53.8 Å². The van der Waals surface area contributed by atoms with Gasteiger partial charge in [-0.2, -0.15) is 0 Å². The average molecular weight is 364 g/mol. The predicted octanol–water partition coefficient (Wildman–Crippen LogP) is -2.28. The molecule has 0 aromatic carbocycles. The number of ether oxygens (including phenoxy) is 3. The molecule has 0 heterocycles. The molecule has 11 nitrogen and oxygen atoms in total. The number of aliphatic hydroxyl groups excluding tert-OH is 3. The van der Waals surface area contributed by atoms with Crippen molar-refractivity contribution in [2.24, 2.45) is 0 Å². The number of hydrogen-bond acceptors (Lipinski definition) is 10. The van der Waals surface area contributed by atoms with E-state index in [1.165, 1.54) is 0 Å². The summed E-state index contributed by atoms with van der Waals surface area (Å²) >= 11 is 0. The maximum atomic E-state index is 11.7. The molecule has 0 saturated heterocycles. The van der Waals surface area contributed by atoms with Gasteiger partial charge in [-0.05, 0) is 0 Å². The van der Waals surface area contributed by atoms with E-state index in [-0.39, 0.29) is 0 Å². The number of carbonyl (C=O) groups excluding carboxylic acids is 3. The molecule has 0 unspecified atom stereocenters. The number of rotatable bonds is 6. The van der Waals surface area contributed by atoms with Crippen molar-refractivity contribution in [3.05, 3.63) is 0 Å². The Morgan fingerprint density at radius 3 is 1.60 bits per heavy atom. The standard InChI is InChI=1S/C14H20O11/c1-5(15)23-12-10(21)9(20)11(22)13(14(12)24-6(2)16)25-8(19)4-3-7(17)18/h9-14,20-22H,3-4H2,1-2H3,(H,17,18)/t9-,10-,11+,12-,13-,14-/m1/s1. The Morgan fingerprint density at radius 1 is 0.720 bits per heavy atom. The third-order valence-corrected chi connectivity index (χ3v) is 3.44. The highest BCUT2D eigenvalue weighted by atomic mass is 16.6. The molecule has 0 aromatic heterocycles. The molecular weight excluding hydrogens is 344 g/mol. The fourth-order valence-corrected chi connectivity index (χ4v) is 2.38. The van der Waals surface area contributed by atoms with Crippen molar-refractivity contribution >= 4 is 23.9 Å². The highest BCUT2D eigenvalue weighted by molar-refractivity contribution is 5.76. The highest BCUT2D eigenvalue weighted by Crippen LogP contribution is 2.29. The molecule has 1 aliphatic carbocycles. The molecule has 4 N–H and O–H groups in total. The van der Waals surface area contributed by atoms with Gasteiger partial charge in [-0.25, -0.2) is 0 Å². The molecule has 142 valence electrons. The minimum Gasteiger partial charge on any atom is -0.481 e.